The van der Waals surface area contributed by atoms with Crippen molar-refractivity contribution in [2.45, 2.75) is 38.6 Å². The van der Waals surface area contributed by atoms with Gasteiger partial charge in [0.1, 0.15) is 0 Å². The Hall–Kier alpha value is -3.40. The summed E-state index contributed by atoms with van der Waals surface area (Å²) in [6.07, 6.45) is -0.289. The maximum atomic E-state index is 12.8. The van der Waals surface area contributed by atoms with Gasteiger partial charge in [-0.1, -0.05) is 87.5 Å². The molecule has 154 valence electrons. The summed E-state index contributed by atoms with van der Waals surface area (Å²) >= 11 is 0. The van der Waals surface area contributed by atoms with E-state index >= 15 is 0 Å². The SMILES string of the molecule is CC(C)(C)c1ccc([C@H](CC(=O)[O-])NC(=O)c2ccc(-c3ccccc3)cc2)cc1. The summed E-state index contributed by atoms with van der Waals surface area (Å²) < 4.78 is 0. The molecular formula is C26H26NO3-. The number of hydrogen-bond donors (Lipinski definition) is 1. The normalized spacial score (nSPS) is 12.2. The molecule has 1 atom stereocenters. The zero-order chi connectivity index (χ0) is 21.7. The van der Waals surface area contributed by atoms with Crippen LogP contribution in [-0.2, 0) is 10.2 Å². The molecule has 4 nitrogen and oxygen atoms in total. The number of carboxylic acid groups (broad SMARTS) is 1. The lowest BCUT2D eigenvalue weighted by Crippen LogP contribution is -2.34. The molecule has 0 saturated heterocycles. The van der Waals surface area contributed by atoms with Crippen LogP contribution in [0.1, 0.15) is 54.7 Å². The van der Waals surface area contributed by atoms with Crippen LogP contribution in [0, 0.1) is 0 Å². The second kappa shape index (κ2) is 8.95. The van der Waals surface area contributed by atoms with Gasteiger partial charge in [0, 0.05) is 18.0 Å². The number of nitrogens with one attached hydrogen (secondary N) is 1. The first-order valence-electron chi connectivity index (χ1n) is 10.0. The van der Waals surface area contributed by atoms with Crippen molar-refractivity contribution in [2.75, 3.05) is 0 Å². The Labute approximate surface area is 177 Å². The molecule has 0 bridgehead atoms. The Kier molecular flexibility index (Phi) is 6.36. The molecule has 4 heteroatoms. The molecule has 0 radical (unpaired) electrons. The van der Waals surface area contributed by atoms with E-state index in [0.29, 0.717) is 5.56 Å². The fourth-order valence-corrected chi connectivity index (χ4v) is 3.32. The molecule has 0 aromatic heterocycles. The van der Waals surface area contributed by atoms with Crippen LogP contribution >= 0.6 is 0 Å². The van der Waals surface area contributed by atoms with Gasteiger partial charge in [-0.05, 0) is 39.8 Å². The predicted octanol–water partition coefficient (Wildman–Crippen LogP) is 4.26. The lowest BCUT2D eigenvalue weighted by molar-refractivity contribution is -0.306. The van der Waals surface area contributed by atoms with E-state index in [0.717, 1.165) is 22.3 Å². The summed E-state index contributed by atoms with van der Waals surface area (Å²) in [5.74, 6) is -1.53. The van der Waals surface area contributed by atoms with E-state index in [-0.39, 0.29) is 17.7 Å². The fraction of sp³-hybridized carbons (Fsp3) is 0.231. The van der Waals surface area contributed by atoms with Gasteiger partial charge in [0.25, 0.3) is 5.91 Å². The van der Waals surface area contributed by atoms with Crippen molar-refractivity contribution in [3.63, 3.8) is 0 Å². The first kappa shape index (κ1) is 21.3. The summed E-state index contributed by atoms with van der Waals surface area (Å²) in [5.41, 5.74) is 4.42. The summed E-state index contributed by atoms with van der Waals surface area (Å²) in [5, 5.41) is 14.1. The van der Waals surface area contributed by atoms with E-state index in [2.05, 4.69) is 26.1 Å². The minimum Gasteiger partial charge on any atom is -0.550 e. The van der Waals surface area contributed by atoms with Crippen molar-refractivity contribution in [2.24, 2.45) is 0 Å². The number of hydrogen-bond acceptors (Lipinski definition) is 3. The Morgan fingerprint density at radius 2 is 1.40 bits per heavy atom. The highest BCUT2D eigenvalue weighted by molar-refractivity contribution is 5.95. The van der Waals surface area contributed by atoms with Gasteiger partial charge in [-0.15, -0.1) is 0 Å². The van der Waals surface area contributed by atoms with Gasteiger partial charge in [0.15, 0.2) is 0 Å². The molecule has 30 heavy (non-hydrogen) atoms. The minimum absolute atomic E-state index is 0.00781. The number of benzene rings is 3. The van der Waals surface area contributed by atoms with Crippen molar-refractivity contribution in [3.05, 3.63) is 95.6 Å². The maximum absolute atomic E-state index is 12.8. The average Bonchev–Trinajstić information content (AvgIpc) is 2.73. The zero-order valence-electron chi connectivity index (χ0n) is 17.5. The third kappa shape index (κ3) is 5.35. The molecular weight excluding hydrogens is 374 g/mol. The summed E-state index contributed by atoms with van der Waals surface area (Å²) in [7, 11) is 0. The van der Waals surface area contributed by atoms with Crippen LogP contribution in [0.15, 0.2) is 78.9 Å². The van der Waals surface area contributed by atoms with Crippen LogP contribution in [0.5, 0.6) is 0 Å². The molecule has 0 unspecified atom stereocenters. The van der Waals surface area contributed by atoms with Gasteiger partial charge < -0.3 is 15.2 Å². The topological polar surface area (TPSA) is 69.2 Å². The highest BCUT2D eigenvalue weighted by Gasteiger charge is 2.18. The molecule has 0 heterocycles. The van der Waals surface area contributed by atoms with E-state index in [1.807, 2.05) is 66.7 Å². The number of amides is 1. The largest absolute Gasteiger partial charge is 0.550 e. The van der Waals surface area contributed by atoms with E-state index in [1.165, 1.54) is 0 Å². The highest BCUT2D eigenvalue weighted by Crippen LogP contribution is 2.25. The van der Waals surface area contributed by atoms with Crippen molar-refractivity contribution >= 4 is 11.9 Å². The molecule has 0 aliphatic heterocycles. The average molecular weight is 400 g/mol. The zero-order valence-corrected chi connectivity index (χ0v) is 17.5. The van der Waals surface area contributed by atoms with Crippen LogP contribution in [0.3, 0.4) is 0 Å². The molecule has 0 aliphatic carbocycles. The van der Waals surface area contributed by atoms with Gasteiger partial charge >= 0.3 is 0 Å². The molecule has 1 amide bonds. The summed E-state index contributed by atoms with van der Waals surface area (Å²) in [6.45, 7) is 6.34. The number of rotatable bonds is 6. The standard InChI is InChI=1S/C26H27NO3/c1-26(2,3)22-15-13-20(14-16-22)23(17-24(28)29)27-25(30)21-11-9-19(10-12-21)18-7-5-4-6-8-18/h4-16,23H,17H2,1-3H3,(H,27,30)(H,28,29)/p-1/t23-/m0/s1. The van der Waals surface area contributed by atoms with Gasteiger partial charge in [-0.3, -0.25) is 4.79 Å². The van der Waals surface area contributed by atoms with E-state index in [4.69, 9.17) is 0 Å². The van der Waals surface area contributed by atoms with Crippen LogP contribution in [0.2, 0.25) is 0 Å². The molecule has 0 spiro atoms. The third-order valence-corrected chi connectivity index (χ3v) is 5.11. The molecule has 3 aromatic carbocycles. The van der Waals surface area contributed by atoms with Crippen LogP contribution in [0.25, 0.3) is 11.1 Å². The smallest absolute Gasteiger partial charge is 0.251 e. The molecule has 0 aliphatic rings. The second-order valence-corrected chi connectivity index (χ2v) is 8.42. The Morgan fingerprint density at radius 1 is 0.833 bits per heavy atom. The van der Waals surface area contributed by atoms with Crippen LogP contribution < -0.4 is 10.4 Å². The van der Waals surface area contributed by atoms with E-state index < -0.39 is 12.0 Å². The fourth-order valence-electron chi connectivity index (χ4n) is 3.32. The Morgan fingerprint density at radius 3 is 1.93 bits per heavy atom. The second-order valence-electron chi connectivity index (χ2n) is 8.42. The van der Waals surface area contributed by atoms with Gasteiger partial charge in [-0.25, -0.2) is 0 Å². The van der Waals surface area contributed by atoms with Gasteiger partial charge in [0.2, 0.25) is 0 Å². The minimum atomic E-state index is -1.21. The third-order valence-electron chi connectivity index (χ3n) is 5.11. The van der Waals surface area contributed by atoms with E-state index in [1.54, 1.807) is 12.1 Å². The number of aliphatic carboxylic acids is 1. The Balaban J connectivity index is 1.77. The summed E-state index contributed by atoms with van der Waals surface area (Å²) in [4.78, 5) is 24.0. The van der Waals surface area contributed by atoms with Crippen molar-refractivity contribution < 1.29 is 14.7 Å². The molecule has 0 fully saturated rings. The number of carbonyl (C=O) groups is 2. The molecule has 1 N–H and O–H groups in total. The predicted molar refractivity (Wildman–Crippen MR) is 117 cm³/mol. The lowest BCUT2D eigenvalue weighted by Gasteiger charge is -2.23. The number of carbonyl (C=O) groups excluding carboxylic acids is 2. The molecule has 0 saturated carbocycles. The quantitative estimate of drug-likeness (QED) is 0.672. The van der Waals surface area contributed by atoms with Crippen molar-refractivity contribution in [1.29, 1.82) is 0 Å². The molecule has 3 rings (SSSR count). The van der Waals surface area contributed by atoms with Crippen molar-refractivity contribution in [3.8, 4) is 11.1 Å². The van der Waals surface area contributed by atoms with Gasteiger partial charge in [-0.2, -0.15) is 0 Å². The number of carboxylic acids is 1. The van der Waals surface area contributed by atoms with Crippen molar-refractivity contribution in [1.82, 2.24) is 5.32 Å². The maximum Gasteiger partial charge on any atom is 0.251 e. The lowest BCUT2D eigenvalue weighted by atomic mass is 9.86. The monoisotopic (exact) mass is 400 g/mol. The Bertz CT molecular complexity index is 1000. The first-order valence-corrected chi connectivity index (χ1v) is 10.0. The van der Waals surface area contributed by atoms with Crippen LogP contribution in [0.4, 0.5) is 0 Å². The first-order chi connectivity index (χ1) is 14.2. The van der Waals surface area contributed by atoms with Gasteiger partial charge in [0.05, 0.1) is 6.04 Å². The van der Waals surface area contributed by atoms with E-state index in [9.17, 15) is 14.7 Å². The van der Waals surface area contributed by atoms with Crippen LogP contribution in [-0.4, -0.2) is 11.9 Å². The molecule has 3 aromatic rings. The summed E-state index contributed by atoms with van der Waals surface area (Å²) in [6, 6.07) is 24.2. The highest BCUT2D eigenvalue weighted by atomic mass is 16.4.